The molecule has 0 heterocycles. The van der Waals surface area contributed by atoms with Gasteiger partial charge in [0.1, 0.15) is 0 Å². The first-order valence-electron chi connectivity index (χ1n) is 3.77. The van der Waals surface area contributed by atoms with Gasteiger partial charge in [-0.2, -0.15) is 0 Å². The van der Waals surface area contributed by atoms with E-state index in [0.29, 0.717) is 0 Å². The minimum atomic E-state index is 1.11. The second-order valence-electron chi connectivity index (χ2n) is 2.25. The largest absolute Gasteiger partial charge is 0.0874 e. The monoisotopic (exact) mass is 136 g/mol. The second-order valence-corrected chi connectivity index (χ2v) is 2.25. The Balaban J connectivity index is 3.79. The molecule has 56 valence electrons. The summed E-state index contributed by atoms with van der Waals surface area (Å²) in [6.45, 7) is 6.26. The third-order valence-corrected chi connectivity index (χ3v) is 1.16. The van der Waals surface area contributed by atoms with E-state index >= 15 is 0 Å². The minimum Gasteiger partial charge on any atom is -0.0874 e. The maximum atomic E-state index is 2.15. The summed E-state index contributed by atoms with van der Waals surface area (Å²) >= 11 is 0. The fourth-order valence-electron chi connectivity index (χ4n) is 0.674. The average Bonchev–Trinajstić information content (AvgIpc) is 1.89. The molecule has 0 aromatic carbocycles. The Morgan fingerprint density at radius 3 is 2.60 bits per heavy atom. The molecule has 0 amide bonds. The molecule has 0 aliphatic carbocycles. The molecular formula is C10H16. The average molecular weight is 136 g/mol. The normalized spacial score (nSPS) is 13.7. The summed E-state index contributed by atoms with van der Waals surface area (Å²) in [7, 11) is 0. The van der Waals surface area contributed by atoms with Crippen LogP contribution in [0.2, 0.25) is 0 Å². The van der Waals surface area contributed by atoms with Gasteiger partial charge in [0.25, 0.3) is 0 Å². The number of allylic oxidation sites excluding steroid dienone is 6. The summed E-state index contributed by atoms with van der Waals surface area (Å²) in [6.07, 6.45) is 11.6. The van der Waals surface area contributed by atoms with E-state index in [2.05, 4.69) is 38.2 Å². The third kappa shape index (κ3) is 5.36. The van der Waals surface area contributed by atoms with Crippen LogP contribution >= 0.6 is 0 Å². The zero-order valence-electron chi connectivity index (χ0n) is 7.09. The Bertz CT molecular complexity index is 147. The van der Waals surface area contributed by atoms with Gasteiger partial charge in [-0.25, -0.2) is 0 Å². The molecular weight excluding hydrogens is 120 g/mol. The van der Waals surface area contributed by atoms with Crippen molar-refractivity contribution in [2.75, 3.05) is 0 Å². The summed E-state index contributed by atoms with van der Waals surface area (Å²) in [5.74, 6) is 0. The highest BCUT2D eigenvalue weighted by Gasteiger charge is 1.73. The molecule has 0 aromatic rings. The summed E-state index contributed by atoms with van der Waals surface area (Å²) in [5.41, 5.74) is 1.30. The van der Waals surface area contributed by atoms with Crippen LogP contribution in [-0.2, 0) is 0 Å². The highest BCUT2D eigenvalue weighted by atomic mass is 13.8. The second kappa shape index (κ2) is 6.34. The molecule has 0 spiro atoms. The zero-order chi connectivity index (χ0) is 7.82. The quantitative estimate of drug-likeness (QED) is 0.521. The lowest BCUT2D eigenvalue weighted by Gasteiger charge is -1.84. The van der Waals surface area contributed by atoms with Crippen LogP contribution in [0.5, 0.6) is 0 Å². The van der Waals surface area contributed by atoms with Crippen LogP contribution in [0, 0.1) is 0 Å². The maximum Gasteiger partial charge on any atom is -0.0376 e. The van der Waals surface area contributed by atoms with Crippen molar-refractivity contribution in [2.24, 2.45) is 0 Å². The molecule has 0 rings (SSSR count). The van der Waals surface area contributed by atoms with Crippen molar-refractivity contribution in [3.63, 3.8) is 0 Å². The zero-order valence-corrected chi connectivity index (χ0v) is 7.09. The predicted molar refractivity (Wildman–Crippen MR) is 48.0 cm³/mol. The van der Waals surface area contributed by atoms with Crippen LogP contribution in [0.15, 0.2) is 36.0 Å². The molecule has 0 saturated carbocycles. The SMILES string of the molecule is C\C=C/C(C)=C\C=C\CC. The van der Waals surface area contributed by atoms with E-state index in [0.717, 1.165) is 6.42 Å². The van der Waals surface area contributed by atoms with Crippen molar-refractivity contribution in [1.82, 2.24) is 0 Å². The molecule has 0 heteroatoms. The van der Waals surface area contributed by atoms with E-state index in [1.807, 2.05) is 13.0 Å². The van der Waals surface area contributed by atoms with Crippen molar-refractivity contribution in [3.8, 4) is 0 Å². The van der Waals surface area contributed by atoms with E-state index in [4.69, 9.17) is 0 Å². The minimum absolute atomic E-state index is 1.11. The van der Waals surface area contributed by atoms with E-state index in [9.17, 15) is 0 Å². The topological polar surface area (TPSA) is 0 Å². The summed E-state index contributed by atoms with van der Waals surface area (Å²) in [5, 5.41) is 0. The van der Waals surface area contributed by atoms with E-state index < -0.39 is 0 Å². The highest BCUT2D eigenvalue weighted by molar-refractivity contribution is 5.20. The molecule has 0 nitrogen and oxygen atoms in total. The molecule has 0 saturated heterocycles. The molecule has 0 aliphatic rings. The Morgan fingerprint density at radius 2 is 2.10 bits per heavy atom. The van der Waals surface area contributed by atoms with Gasteiger partial charge < -0.3 is 0 Å². The molecule has 0 aliphatic heterocycles. The Hall–Kier alpha value is -0.780. The van der Waals surface area contributed by atoms with Crippen LogP contribution in [0.4, 0.5) is 0 Å². The molecule has 10 heavy (non-hydrogen) atoms. The summed E-state index contributed by atoms with van der Waals surface area (Å²) < 4.78 is 0. The van der Waals surface area contributed by atoms with Crippen LogP contribution < -0.4 is 0 Å². The number of hydrogen-bond donors (Lipinski definition) is 0. The van der Waals surface area contributed by atoms with Gasteiger partial charge in [-0.05, 0) is 20.3 Å². The third-order valence-electron chi connectivity index (χ3n) is 1.16. The van der Waals surface area contributed by atoms with Crippen LogP contribution in [0.3, 0.4) is 0 Å². The lowest BCUT2D eigenvalue weighted by molar-refractivity contribution is 1.22. The molecule has 0 bridgehead atoms. The van der Waals surface area contributed by atoms with Gasteiger partial charge >= 0.3 is 0 Å². The lowest BCUT2D eigenvalue weighted by atomic mass is 10.2. The molecule has 0 fully saturated rings. The first kappa shape index (κ1) is 9.22. The first-order chi connectivity index (χ1) is 4.81. The van der Waals surface area contributed by atoms with Gasteiger partial charge in [0.05, 0.1) is 0 Å². The van der Waals surface area contributed by atoms with Crippen molar-refractivity contribution < 1.29 is 0 Å². The molecule has 0 radical (unpaired) electrons. The van der Waals surface area contributed by atoms with Gasteiger partial charge in [-0.15, -0.1) is 0 Å². The van der Waals surface area contributed by atoms with Crippen molar-refractivity contribution in [3.05, 3.63) is 36.0 Å². The Morgan fingerprint density at radius 1 is 1.40 bits per heavy atom. The molecule has 0 aromatic heterocycles. The fraction of sp³-hybridized carbons (Fsp3) is 0.400. The fourth-order valence-corrected chi connectivity index (χ4v) is 0.674. The van der Waals surface area contributed by atoms with E-state index in [1.54, 1.807) is 0 Å². The predicted octanol–water partition coefficient (Wildman–Crippen LogP) is 3.48. The Labute approximate surface area is 64.0 Å². The standard InChI is InChI=1S/C10H16/c1-4-6-7-9-10(3)8-5-2/h5-9H,4H2,1-3H3/b7-6+,8-5-,10-9-. The lowest BCUT2D eigenvalue weighted by Crippen LogP contribution is -1.63. The molecule has 0 atom stereocenters. The van der Waals surface area contributed by atoms with Gasteiger partial charge in [0, 0.05) is 0 Å². The van der Waals surface area contributed by atoms with Crippen LogP contribution in [-0.4, -0.2) is 0 Å². The smallest absolute Gasteiger partial charge is 0.0376 e. The maximum absolute atomic E-state index is 2.15. The van der Waals surface area contributed by atoms with Gasteiger partial charge in [-0.3, -0.25) is 0 Å². The highest BCUT2D eigenvalue weighted by Crippen LogP contribution is 1.94. The summed E-state index contributed by atoms with van der Waals surface area (Å²) in [4.78, 5) is 0. The molecule has 0 unspecified atom stereocenters. The Kier molecular flexibility index (Phi) is 5.85. The van der Waals surface area contributed by atoms with Gasteiger partial charge in [0.2, 0.25) is 0 Å². The summed E-state index contributed by atoms with van der Waals surface area (Å²) in [6, 6.07) is 0. The van der Waals surface area contributed by atoms with Gasteiger partial charge in [0.15, 0.2) is 0 Å². The van der Waals surface area contributed by atoms with E-state index in [1.165, 1.54) is 5.57 Å². The number of hydrogen-bond acceptors (Lipinski definition) is 0. The van der Waals surface area contributed by atoms with Crippen molar-refractivity contribution in [1.29, 1.82) is 0 Å². The van der Waals surface area contributed by atoms with Gasteiger partial charge in [-0.1, -0.05) is 42.9 Å². The number of rotatable bonds is 3. The van der Waals surface area contributed by atoms with Crippen LogP contribution in [0.1, 0.15) is 27.2 Å². The van der Waals surface area contributed by atoms with Crippen molar-refractivity contribution >= 4 is 0 Å². The first-order valence-corrected chi connectivity index (χ1v) is 3.77. The molecule has 0 N–H and O–H groups in total. The van der Waals surface area contributed by atoms with Crippen molar-refractivity contribution in [2.45, 2.75) is 27.2 Å². The van der Waals surface area contributed by atoms with Crippen LogP contribution in [0.25, 0.3) is 0 Å². The van der Waals surface area contributed by atoms with E-state index in [-0.39, 0.29) is 0 Å².